The quantitative estimate of drug-likeness (QED) is 0.806. The van der Waals surface area contributed by atoms with Crippen molar-refractivity contribution in [2.75, 3.05) is 5.33 Å². The Morgan fingerprint density at radius 3 is 2.38 bits per heavy atom. The molecule has 13 heavy (non-hydrogen) atoms. The first-order valence-corrected chi connectivity index (χ1v) is 5.77. The highest BCUT2D eigenvalue weighted by molar-refractivity contribution is 9.09. The largest absolute Gasteiger partial charge is 0.388 e. The third kappa shape index (κ3) is 2.12. The molecule has 1 atom stereocenters. The summed E-state index contributed by atoms with van der Waals surface area (Å²) in [4.78, 5) is 0. The Labute approximate surface area is 86.9 Å². The molecule has 1 aliphatic rings. The highest BCUT2D eigenvalue weighted by Gasteiger charge is 2.23. The molecule has 1 nitrogen and oxygen atoms in total. The van der Waals surface area contributed by atoms with E-state index >= 15 is 0 Å². The van der Waals surface area contributed by atoms with Gasteiger partial charge in [0.05, 0.1) is 6.10 Å². The summed E-state index contributed by atoms with van der Waals surface area (Å²) in [7, 11) is 0. The zero-order valence-corrected chi connectivity index (χ0v) is 9.00. The van der Waals surface area contributed by atoms with Crippen LogP contribution in [-0.4, -0.2) is 10.4 Å². The third-order valence-electron chi connectivity index (χ3n) is 2.52. The Kier molecular flexibility index (Phi) is 2.70. The predicted molar refractivity (Wildman–Crippen MR) is 57.2 cm³/mol. The van der Waals surface area contributed by atoms with Crippen molar-refractivity contribution in [1.29, 1.82) is 0 Å². The summed E-state index contributed by atoms with van der Waals surface area (Å²) in [5, 5.41) is 10.1. The van der Waals surface area contributed by atoms with Gasteiger partial charge in [-0.2, -0.15) is 0 Å². The van der Waals surface area contributed by atoms with E-state index < -0.39 is 0 Å². The van der Waals surface area contributed by atoms with Crippen LogP contribution in [0.15, 0.2) is 24.3 Å². The first-order valence-electron chi connectivity index (χ1n) is 4.65. The number of alkyl halides is 1. The summed E-state index contributed by atoms with van der Waals surface area (Å²) in [6.45, 7) is 0. The summed E-state index contributed by atoms with van der Waals surface area (Å²) in [5.41, 5.74) is 2.42. The van der Waals surface area contributed by atoms with Crippen molar-refractivity contribution in [3.8, 4) is 0 Å². The van der Waals surface area contributed by atoms with Gasteiger partial charge in [0.1, 0.15) is 0 Å². The minimum atomic E-state index is -0.367. The average Bonchev–Trinajstić information content (AvgIpc) is 3.00. The lowest BCUT2D eigenvalue weighted by Crippen LogP contribution is -1.97. The number of rotatable bonds is 3. The van der Waals surface area contributed by atoms with Crippen LogP contribution in [0.3, 0.4) is 0 Å². The van der Waals surface area contributed by atoms with Crippen LogP contribution in [0, 0.1) is 0 Å². The molecule has 0 aliphatic heterocycles. The first kappa shape index (κ1) is 9.22. The van der Waals surface area contributed by atoms with Gasteiger partial charge in [-0.3, -0.25) is 0 Å². The van der Waals surface area contributed by atoms with Crippen LogP contribution >= 0.6 is 15.9 Å². The SMILES string of the molecule is OC(CBr)c1ccc(C2CC2)cc1. The van der Waals surface area contributed by atoms with Crippen LogP contribution in [-0.2, 0) is 0 Å². The van der Waals surface area contributed by atoms with Gasteiger partial charge >= 0.3 is 0 Å². The van der Waals surface area contributed by atoms with Crippen LogP contribution in [0.2, 0.25) is 0 Å². The van der Waals surface area contributed by atoms with Crippen molar-refractivity contribution >= 4 is 15.9 Å². The molecule has 1 unspecified atom stereocenters. The van der Waals surface area contributed by atoms with E-state index in [1.165, 1.54) is 18.4 Å². The fraction of sp³-hybridized carbons (Fsp3) is 0.455. The van der Waals surface area contributed by atoms with Gasteiger partial charge < -0.3 is 5.11 Å². The van der Waals surface area contributed by atoms with E-state index in [9.17, 15) is 5.11 Å². The maximum Gasteiger partial charge on any atom is 0.0886 e. The zero-order chi connectivity index (χ0) is 9.26. The van der Waals surface area contributed by atoms with Gasteiger partial charge in [0, 0.05) is 5.33 Å². The maximum absolute atomic E-state index is 9.53. The second-order valence-corrected chi connectivity index (χ2v) is 4.26. The molecule has 0 bridgehead atoms. The van der Waals surface area contributed by atoms with Crippen LogP contribution in [0.25, 0.3) is 0 Å². The fourth-order valence-corrected chi connectivity index (χ4v) is 1.87. The monoisotopic (exact) mass is 240 g/mol. The molecule has 0 saturated heterocycles. The van der Waals surface area contributed by atoms with E-state index in [1.54, 1.807) is 0 Å². The predicted octanol–water partition coefficient (Wildman–Crippen LogP) is 2.99. The normalized spacial score (nSPS) is 18.6. The molecule has 1 aromatic carbocycles. The lowest BCUT2D eigenvalue weighted by Gasteiger charge is -2.07. The van der Waals surface area contributed by atoms with Gasteiger partial charge in [0.2, 0.25) is 0 Å². The van der Waals surface area contributed by atoms with Crippen molar-refractivity contribution in [2.24, 2.45) is 0 Å². The minimum Gasteiger partial charge on any atom is -0.388 e. The Morgan fingerprint density at radius 1 is 1.31 bits per heavy atom. The summed E-state index contributed by atoms with van der Waals surface area (Å²) >= 11 is 3.26. The summed E-state index contributed by atoms with van der Waals surface area (Å²) in [5.74, 6) is 0.801. The van der Waals surface area contributed by atoms with E-state index in [4.69, 9.17) is 0 Å². The summed E-state index contributed by atoms with van der Waals surface area (Å²) in [6.07, 6.45) is 2.30. The van der Waals surface area contributed by atoms with Crippen LogP contribution in [0.4, 0.5) is 0 Å². The van der Waals surface area contributed by atoms with Crippen molar-refractivity contribution in [2.45, 2.75) is 24.9 Å². The summed E-state index contributed by atoms with van der Waals surface area (Å²) in [6, 6.07) is 8.33. The van der Waals surface area contributed by atoms with E-state index in [0.29, 0.717) is 5.33 Å². The molecule has 0 radical (unpaired) electrons. The molecular weight excluding hydrogens is 228 g/mol. The van der Waals surface area contributed by atoms with Gasteiger partial charge in [0.15, 0.2) is 0 Å². The van der Waals surface area contributed by atoms with E-state index in [-0.39, 0.29) is 6.10 Å². The topological polar surface area (TPSA) is 20.2 Å². The van der Waals surface area contributed by atoms with Gasteiger partial charge in [-0.1, -0.05) is 40.2 Å². The maximum atomic E-state index is 9.53. The molecule has 1 aromatic rings. The van der Waals surface area contributed by atoms with Crippen molar-refractivity contribution in [3.05, 3.63) is 35.4 Å². The zero-order valence-electron chi connectivity index (χ0n) is 7.41. The van der Waals surface area contributed by atoms with Crippen molar-refractivity contribution in [1.82, 2.24) is 0 Å². The lowest BCUT2D eigenvalue weighted by molar-refractivity contribution is 0.205. The number of halogens is 1. The highest BCUT2D eigenvalue weighted by atomic mass is 79.9. The second kappa shape index (κ2) is 3.81. The molecular formula is C11H13BrO. The first-order chi connectivity index (χ1) is 6.31. The number of hydrogen-bond acceptors (Lipinski definition) is 1. The van der Waals surface area contributed by atoms with Crippen molar-refractivity contribution < 1.29 is 5.11 Å². The standard InChI is InChI=1S/C11H13BrO/c12-7-11(13)10-5-3-9(4-6-10)8-1-2-8/h3-6,8,11,13H,1-2,7H2. The second-order valence-electron chi connectivity index (χ2n) is 3.61. The van der Waals surface area contributed by atoms with Crippen LogP contribution in [0.1, 0.15) is 36.0 Å². The summed E-state index contributed by atoms with van der Waals surface area (Å²) < 4.78 is 0. The number of aliphatic hydroxyl groups excluding tert-OH is 1. The molecule has 1 fully saturated rings. The fourth-order valence-electron chi connectivity index (χ4n) is 1.50. The molecule has 1 N–H and O–H groups in total. The molecule has 1 aliphatic carbocycles. The third-order valence-corrected chi connectivity index (χ3v) is 3.13. The Hall–Kier alpha value is -0.340. The van der Waals surface area contributed by atoms with E-state index in [0.717, 1.165) is 11.5 Å². The van der Waals surface area contributed by atoms with E-state index in [1.807, 2.05) is 12.1 Å². The number of benzene rings is 1. The lowest BCUT2D eigenvalue weighted by atomic mass is 10.1. The minimum absolute atomic E-state index is 0.367. The van der Waals surface area contributed by atoms with Gasteiger partial charge in [-0.15, -0.1) is 0 Å². The highest BCUT2D eigenvalue weighted by Crippen LogP contribution is 2.40. The molecule has 0 aromatic heterocycles. The Bertz CT molecular complexity index is 277. The molecule has 1 saturated carbocycles. The molecule has 0 spiro atoms. The Balaban J connectivity index is 2.12. The van der Waals surface area contributed by atoms with Gasteiger partial charge in [-0.05, 0) is 29.9 Å². The molecule has 2 heteroatoms. The molecule has 70 valence electrons. The van der Waals surface area contributed by atoms with Gasteiger partial charge in [0.25, 0.3) is 0 Å². The smallest absolute Gasteiger partial charge is 0.0886 e. The molecule has 0 amide bonds. The molecule has 0 heterocycles. The van der Waals surface area contributed by atoms with Crippen LogP contribution < -0.4 is 0 Å². The van der Waals surface area contributed by atoms with Crippen LogP contribution in [0.5, 0.6) is 0 Å². The number of aliphatic hydroxyl groups is 1. The number of hydrogen-bond donors (Lipinski definition) is 1. The van der Waals surface area contributed by atoms with Gasteiger partial charge in [-0.25, -0.2) is 0 Å². The molecule has 2 rings (SSSR count). The average molecular weight is 241 g/mol. The van der Waals surface area contributed by atoms with Crippen molar-refractivity contribution in [3.63, 3.8) is 0 Å². The van der Waals surface area contributed by atoms with E-state index in [2.05, 4.69) is 28.1 Å². The Morgan fingerprint density at radius 2 is 1.92 bits per heavy atom.